The SMILES string of the molecule is CCCCc1nnc(NC(=O)CN2CCCC(O)C2)s1. The van der Waals surface area contributed by atoms with Crippen molar-refractivity contribution < 1.29 is 9.90 Å². The summed E-state index contributed by atoms with van der Waals surface area (Å²) < 4.78 is 0. The normalized spacial score (nSPS) is 20.0. The van der Waals surface area contributed by atoms with Crippen LogP contribution in [-0.4, -0.2) is 51.8 Å². The predicted molar refractivity (Wildman–Crippen MR) is 78.8 cm³/mol. The van der Waals surface area contributed by atoms with Crippen molar-refractivity contribution in [1.82, 2.24) is 15.1 Å². The molecule has 0 radical (unpaired) electrons. The van der Waals surface area contributed by atoms with Crippen LogP contribution in [0.5, 0.6) is 0 Å². The maximum Gasteiger partial charge on any atom is 0.240 e. The molecule has 1 aromatic heterocycles. The highest BCUT2D eigenvalue weighted by atomic mass is 32.1. The molecule has 2 heterocycles. The van der Waals surface area contributed by atoms with E-state index in [4.69, 9.17) is 0 Å². The van der Waals surface area contributed by atoms with Crippen LogP contribution >= 0.6 is 11.3 Å². The van der Waals surface area contributed by atoms with Crippen molar-refractivity contribution in [2.24, 2.45) is 0 Å². The number of carbonyl (C=O) groups excluding carboxylic acids is 1. The van der Waals surface area contributed by atoms with Gasteiger partial charge in [-0.25, -0.2) is 0 Å². The van der Waals surface area contributed by atoms with Gasteiger partial charge >= 0.3 is 0 Å². The summed E-state index contributed by atoms with van der Waals surface area (Å²) in [5.41, 5.74) is 0. The number of anilines is 1. The Bertz CT molecular complexity index is 438. The molecule has 0 aliphatic carbocycles. The second-order valence-electron chi connectivity index (χ2n) is 5.18. The Morgan fingerprint density at radius 3 is 3.15 bits per heavy atom. The number of hydrogen-bond acceptors (Lipinski definition) is 6. The molecule has 0 saturated carbocycles. The Morgan fingerprint density at radius 1 is 1.55 bits per heavy atom. The quantitative estimate of drug-likeness (QED) is 0.827. The van der Waals surface area contributed by atoms with Crippen molar-refractivity contribution in [1.29, 1.82) is 0 Å². The first kappa shape index (κ1) is 15.3. The zero-order valence-corrected chi connectivity index (χ0v) is 12.7. The number of piperidine rings is 1. The van der Waals surface area contributed by atoms with Gasteiger partial charge in [0.15, 0.2) is 0 Å². The van der Waals surface area contributed by atoms with E-state index in [2.05, 4.69) is 22.4 Å². The van der Waals surface area contributed by atoms with Crippen LogP contribution in [0, 0.1) is 0 Å². The number of carbonyl (C=O) groups is 1. The molecule has 7 heteroatoms. The van der Waals surface area contributed by atoms with E-state index in [1.54, 1.807) is 0 Å². The van der Waals surface area contributed by atoms with E-state index in [0.29, 0.717) is 18.2 Å². The van der Waals surface area contributed by atoms with Gasteiger partial charge in [-0.3, -0.25) is 15.0 Å². The molecule has 2 rings (SSSR count). The summed E-state index contributed by atoms with van der Waals surface area (Å²) >= 11 is 1.44. The van der Waals surface area contributed by atoms with Gasteiger partial charge < -0.3 is 5.11 Å². The van der Waals surface area contributed by atoms with Gasteiger partial charge in [0.1, 0.15) is 5.01 Å². The first-order valence-electron chi connectivity index (χ1n) is 7.20. The molecule has 2 N–H and O–H groups in total. The van der Waals surface area contributed by atoms with Gasteiger partial charge in [0.2, 0.25) is 11.0 Å². The van der Waals surface area contributed by atoms with Crippen molar-refractivity contribution in [3.05, 3.63) is 5.01 Å². The molecule has 20 heavy (non-hydrogen) atoms. The molecule has 1 saturated heterocycles. The van der Waals surface area contributed by atoms with Crippen molar-refractivity contribution in [2.45, 2.75) is 45.1 Å². The maximum atomic E-state index is 11.9. The number of aliphatic hydroxyl groups is 1. The van der Waals surface area contributed by atoms with Crippen LogP contribution in [0.15, 0.2) is 0 Å². The van der Waals surface area contributed by atoms with Gasteiger partial charge in [-0.05, 0) is 25.8 Å². The molecule has 1 unspecified atom stereocenters. The van der Waals surface area contributed by atoms with Gasteiger partial charge in [0.25, 0.3) is 0 Å². The van der Waals surface area contributed by atoms with E-state index in [0.717, 1.165) is 43.7 Å². The molecule has 1 atom stereocenters. The average Bonchev–Trinajstić information content (AvgIpc) is 2.83. The molecular formula is C13H22N4O2S. The highest BCUT2D eigenvalue weighted by molar-refractivity contribution is 7.15. The molecule has 0 spiro atoms. The summed E-state index contributed by atoms with van der Waals surface area (Å²) in [6.07, 6.45) is 4.59. The number of rotatable bonds is 6. The molecule has 6 nitrogen and oxygen atoms in total. The number of hydrogen-bond donors (Lipinski definition) is 2. The zero-order valence-electron chi connectivity index (χ0n) is 11.8. The van der Waals surface area contributed by atoms with Crippen LogP contribution in [0.2, 0.25) is 0 Å². The molecule has 1 aromatic rings. The van der Waals surface area contributed by atoms with Crippen LogP contribution in [0.3, 0.4) is 0 Å². The molecular weight excluding hydrogens is 276 g/mol. The van der Waals surface area contributed by atoms with Crippen LogP contribution in [0.4, 0.5) is 5.13 Å². The Labute approximate surface area is 123 Å². The highest BCUT2D eigenvalue weighted by Gasteiger charge is 2.20. The fourth-order valence-corrected chi connectivity index (χ4v) is 3.07. The average molecular weight is 298 g/mol. The van der Waals surface area contributed by atoms with Crippen LogP contribution in [0.25, 0.3) is 0 Å². The molecule has 112 valence electrons. The Morgan fingerprint density at radius 2 is 2.40 bits per heavy atom. The van der Waals surface area contributed by atoms with Gasteiger partial charge in [0.05, 0.1) is 12.6 Å². The predicted octanol–water partition coefficient (Wildman–Crippen LogP) is 1.28. The van der Waals surface area contributed by atoms with Gasteiger partial charge in [-0.15, -0.1) is 10.2 Å². The van der Waals surface area contributed by atoms with Gasteiger partial charge in [-0.2, -0.15) is 0 Å². The van der Waals surface area contributed by atoms with Crippen molar-refractivity contribution in [2.75, 3.05) is 25.0 Å². The number of likely N-dealkylation sites (tertiary alicyclic amines) is 1. The molecule has 1 aliphatic rings. The molecule has 1 fully saturated rings. The lowest BCUT2D eigenvalue weighted by molar-refractivity contribution is -0.118. The third-order valence-electron chi connectivity index (χ3n) is 3.31. The Balaban J connectivity index is 1.77. The first-order valence-corrected chi connectivity index (χ1v) is 8.01. The summed E-state index contributed by atoms with van der Waals surface area (Å²) in [5, 5.41) is 21.9. The first-order chi connectivity index (χ1) is 9.67. The van der Waals surface area contributed by atoms with E-state index in [1.165, 1.54) is 11.3 Å². The van der Waals surface area contributed by atoms with Crippen molar-refractivity contribution in [3.63, 3.8) is 0 Å². The monoisotopic (exact) mass is 298 g/mol. The number of aliphatic hydroxyl groups excluding tert-OH is 1. The molecule has 0 aromatic carbocycles. The number of aryl methyl sites for hydroxylation is 1. The lowest BCUT2D eigenvalue weighted by Gasteiger charge is -2.29. The minimum atomic E-state index is -0.307. The summed E-state index contributed by atoms with van der Waals surface area (Å²) in [6.45, 7) is 3.88. The lowest BCUT2D eigenvalue weighted by Crippen LogP contribution is -2.42. The fourth-order valence-electron chi connectivity index (χ4n) is 2.27. The van der Waals surface area contributed by atoms with E-state index in [9.17, 15) is 9.90 Å². The standard InChI is InChI=1S/C13H22N4O2S/c1-2-3-6-12-15-16-13(20-12)14-11(19)9-17-7-4-5-10(18)8-17/h10,18H,2-9H2,1H3,(H,14,16,19). The minimum Gasteiger partial charge on any atom is -0.392 e. The van der Waals surface area contributed by atoms with E-state index in [-0.39, 0.29) is 12.0 Å². The molecule has 1 amide bonds. The topological polar surface area (TPSA) is 78.4 Å². The molecule has 1 aliphatic heterocycles. The Hall–Kier alpha value is -1.05. The molecule has 0 bridgehead atoms. The number of β-amino-alcohol motifs (C(OH)–C–C–N with tert-alkyl or cyclic N) is 1. The van der Waals surface area contributed by atoms with Crippen LogP contribution in [-0.2, 0) is 11.2 Å². The number of nitrogens with one attached hydrogen (secondary N) is 1. The van der Waals surface area contributed by atoms with E-state index < -0.39 is 0 Å². The number of unbranched alkanes of at least 4 members (excludes halogenated alkanes) is 1. The maximum absolute atomic E-state index is 11.9. The smallest absolute Gasteiger partial charge is 0.240 e. The Kier molecular flexibility index (Phi) is 5.87. The number of aromatic nitrogens is 2. The summed E-state index contributed by atoms with van der Waals surface area (Å²) in [5.74, 6) is -0.0858. The van der Waals surface area contributed by atoms with Gasteiger partial charge in [0, 0.05) is 13.0 Å². The third-order valence-corrected chi connectivity index (χ3v) is 4.20. The second-order valence-corrected chi connectivity index (χ2v) is 6.25. The minimum absolute atomic E-state index is 0.0858. The van der Waals surface area contributed by atoms with Crippen LogP contribution in [0.1, 0.15) is 37.6 Å². The number of nitrogens with zero attached hydrogens (tertiary/aromatic N) is 3. The lowest BCUT2D eigenvalue weighted by atomic mass is 10.1. The summed E-state index contributed by atoms with van der Waals surface area (Å²) in [4.78, 5) is 13.9. The van der Waals surface area contributed by atoms with Crippen LogP contribution < -0.4 is 5.32 Å². The largest absolute Gasteiger partial charge is 0.392 e. The van der Waals surface area contributed by atoms with Crippen molar-refractivity contribution in [3.8, 4) is 0 Å². The fraction of sp³-hybridized carbons (Fsp3) is 0.769. The van der Waals surface area contributed by atoms with E-state index >= 15 is 0 Å². The van der Waals surface area contributed by atoms with E-state index in [1.807, 2.05) is 4.90 Å². The van der Waals surface area contributed by atoms with Crippen molar-refractivity contribution >= 4 is 22.4 Å². The van der Waals surface area contributed by atoms with Gasteiger partial charge in [-0.1, -0.05) is 24.7 Å². The highest BCUT2D eigenvalue weighted by Crippen LogP contribution is 2.17. The summed E-state index contributed by atoms with van der Waals surface area (Å²) in [7, 11) is 0. The third kappa shape index (κ3) is 4.81. The second kappa shape index (κ2) is 7.66. The number of amides is 1. The zero-order chi connectivity index (χ0) is 14.4. The summed E-state index contributed by atoms with van der Waals surface area (Å²) in [6, 6.07) is 0.